The van der Waals surface area contributed by atoms with Gasteiger partial charge in [-0.25, -0.2) is 4.90 Å². The van der Waals surface area contributed by atoms with E-state index in [9.17, 15) is 9.59 Å². The molecule has 30 heavy (non-hydrogen) atoms. The molecule has 4 rings (SSSR count). The van der Waals surface area contributed by atoms with Crippen LogP contribution in [0.3, 0.4) is 0 Å². The van der Waals surface area contributed by atoms with Crippen molar-refractivity contribution >= 4 is 46.0 Å². The minimum absolute atomic E-state index is 0.316. The van der Waals surface area contributed by atoms with Crippen LogP contribution in [0.5, 0.6) is 0 Å². The molecule has 0 radical (unpaired) electrons. The number of likely N-dealkylation sites (N-methyl/N-ethyl adjacent to an activating group) is 1. The molecule has 3 aromatic rings. The lowest BCUT2D eigenvalue weighted by molar-refractivity contribution is -0.120. The smallest absolute Gasteiger partial charge is 0.282 e. The third-order valence-corrected chi connectivity index (χ3v) is 6.45. The van der Waals surface area contributed by atoms with Crippen molar-refractivity contribution in [1.82, 2.24) is 4.90 Å². The summed E-state index contributed by atoms with van der Waals surface area (Å²) in [5, 5.41) is 2.44. The second-order valence-corrected chi connectivity index (χ2v) is 8.43. The Hall–Kier alpha value is -2.89. The number of anilines is 1. The Labute approximate surface area is 185 Å². The van der Waals surface area contributed by atoms with Crippen molar-refractivity contribution in [2.75, 3.05) is 11.4 Å². The van der Waals surface area contributed by atoms with Gasteiger partial charge in [-0.15, -0.1) is 11.3 Å². The van der Waals surface area contributed by atoms with E-state index in [1.54, 1.807) is 12.1 Å². The lowest BCUT2D eigenvalue weighted by Gasteiger charge is -2.25. The van der Waals surface area contributed by atoms with Crippen LogP contribution < -0.4 is 4.90 Å². The molecule has 2 aromatic carbocycles. The molecule has 0 N–H and O–H groups in total. The third-order valence-electron chi connectivity index (χ3n) is 5.15. The first-order chi connectivity index (χ1) is 14.5. The van der Waals surface area contributed by atoms with Crippen molar-refractivity contribution in [2.45, 2.75) is 20.4 Å². The van der Waals surface area contributed by atoms with Crippen molar-refractivity contribution in [3.05, 3.63) is 92.8 Å². The van der Waals surface area contributed by atoms with Crippen molar-refractivity contribution < 1.29 is 9.59 Å². The Morgan fingerprint density at radius 2 is 1.77 bits per heavy atom. The van der Waals surface area contributed by atoms with Crippen LogP contribution in [0.25, 0.3) is 5.57 Å². The topological polar surface area (TPSA) is 40.6 Å². The Balaban J connectivity index is 1.80. The number of imide groups is 1. The number of aryl methyl sites for hydroxylation is 1. The average Bonchev–Trinajstić information content (AvgIpc) is 3.35. The molecule has 0 bridgehead atoms. The second kappa shape index (κ2) is 8.46. The van der Waals surface area contributed by atoms with Gasteiger partial charge in [0.1, 0.15) is 5.70 Å². The fourth-order valence-corrected chi connectivity index (χ4v) is 4.50. The number of carbonyl (C=O) groups excluding carboxylic acids is 2. The summed E-state index contributed by atoms with van der Waals surface area (Å²) in [7, 11) is 0. The number of carbonyl (C=O) groups is 2. The first kappa shape index (κ1) is 20.4. The van der Waals surface area contributed by atoms with Crippen LogP contribution in [-0.2, 0) is 16.1 Å². The van der Waals surface area contributed by atoms with E-state index in [0.29, 0.717) is 35.1 Å². The van der Waals surface area contributed by atoms with Crippen LogP contribution >= 0.6 is 22.9 Å². The van der Waals surface area contributed by atoms with Gasteiger partial charge in [-0.3, -0.25) is 9.59 Å². The fraction of sp³-hybridized carbons (Fsp3) is 0.167. The van der Waals surface area contributed by atoms with Gasteiger partial charge in [0.15, 0.2) is 0 Å². The number of benzene rings is 2. The zero-order valence-corrected chi connectivity index (χ0v) is 18.3. The van der Waals surface area contributed by atoms with Gasteiger partial charge in [0.2, 0.25) is 0 Å². The normalized spacial score (nSPS) is 14.0. The number of rotatable bonds is 6. The molecule has 152 valence electrons. The molecule has 0 unspecified atom stereocenters. The van der Waals surface area contributed by atoms with E-state index in [4.69, 9.17) is 11.6 Å². The van der Waals surface area contributed by atoms with Gasteiger partial charge in [0.25, 0.3) is 11.8 Å². The van der Waals surface area contributed by atoms with Crippen LogP contribution in [0.15, 0.2) is 71.7 Å². The van der Waals surface area contributed by atoms with Crippen molar-refractivity contribution in [3.63, 3.8) is 0 Å². The number of hydrogen-bond donors (Lipinski definition) is 0. The van der Waals surface area contributed by atoms with E-state index in [0.717, 1.165) is 16.0 Å². The number of thiophene rings is 1. The first-order valence-corrected chi connectivity index (χ1v) is 11.0. The van der Waals surface area contributed by atoms with E-state index < -0.39 is 0 Å². The molecule has 6 heteroatoms. The predicted octanol–water partition coefficient (Wildman–Crippen LogP) is 5.52. The molecule has 1 aromatic heterocycles. The number of amides is 2. The molecular formula is C24H21ClN2O2S. The maximum atomic E-state index is 13.6. The molecule has 2 amide bonds. The lowest BCUT2D eigenvalue weighted by Crippen LogP contribution is -2.35. The van der Waals surface area contributed by atoms with Crippen LogP contribution in [-0.4, -0.2) is 23.3 Å². The zero-order chi connectivity index (χ0) is 21.3. The monoisotopic (exact) mass is 436 g/mol. The summed E-state index contributed by atoms with van der Waals surface area (Å²) in [6, 6.07) is 19.0. The standard InChI is InChI=1S/C24H21ClN2O2S/c1-3-26(15-17-8-5-4-6-9-17)22-21(20-10-7-13-30-20)23(28)27(24(22)29)18-12-11-16(2)19(25)14-18/h4-14H,3,15H2,1-2H3. The summed E-state index contributed by atoms with van der Waals surface area (Å²) >= 11 is 7.74. The lowest BCUT2D eigenvalue weighted by atomic mass is 10.1. The molecule has 0 spiro atoms. The molecular weight excluding hydrogens is 416 g/mol. The first-order valence-electron chi connectivity index (χ1n) is 9.73. The van der Waals surface area contributed by atoms with Crippen LogP contribution in [0.2, 0.25) is 5.02 Å². The van der Waals surface area contributed by atoms with E-state index >= 15 is 0 Å². The van der Waals surface area contributed by atoms with Crippen molar-refractivity contribution in [1.29, 1.82) is 0 Å². The molecule has 4 nitrogen and oxygen atoms in total. The van der Waals surface area contributed by atoms with Crippen LogP contribution in [0.4, 0.5) is 5.69 Å². The largest absolute Gasteiger partial charge is 0.362 e. The Morgan fingerprint density at radius 3 is 2.40 bits per heavy atom. The summed E-state index contributed by atoms with van der Waals surface area (Å²) < 4.78 is 0. The van der Waals surface area contributed by atoms with E-state index in [2.05, 4.69) is 0 Å². The second-order valence-electron chi connectivity index (χ2n) is 7.08. The maximum Gasteiger partial charge on any atom is 0.282 e. The highest BCUT2D eigenvalue weighted by Crippen LogP contribution is 2.37. The Morgan fingerprint density at radius 1 is 1.00 bits per heavy atom. The highest BCUT2D eigenvalue weighted by atomic mass is 35.5. The molecule has 0 atom stereocenters. The highest BCUT2D eigenvalue weighted by Gasteiger charge is 2.42. The van der Waals surface area contributed by atoms with E-state index in [1.165, 1.54) is 16.2 Å². The molecule has 1 aliphatic heterocycles. The average molecular weight is 437 g/mol. The zero-order valence-electron chi connectivity index (χ0n) is 16.8. The number of hydrogen-bond acceptors (Lipinski definition) is 4. The van der Waals surface area contributed by atoms with Gasteiger partial charge in [-0.05, 0) is 48.6 Å². The van der Waals surface area contributed by atoms with Gasteiger partial charge < -0.3 is 4.90 Å². The van der Waals surface area contributed by atoms with Gasteiger partial charge in [-0.1, -0.05) is 54.1 Å². The minimum atomic E-state index is -0.318. The van der Waals surface area contributed by atoms with Crippen LogP contribution in [0, 0.1) is 6.92 Å². The Bertz CT molecular complexity index is 1120. The summed E-state index contributed by atoms with van der Waals surface area (Å²) in [6.45, 7) is 5.02. The molecule has 0 fully saturated rings. The summed E-state index contributed by atoms with van der Waals surface area (Å²) in [4.78, 5) is 31.1. The molecule has 1 aliphatic rings. The van der Waals surface area contributed by atoms with Gasteiger partial charge in [-0.2, -0.15) is 0 Å². The van der Waals surface area contributed by atoms with Gasteiger partial charge in [0.05, 0.1) is 11.3 Å². The Kier molecular flexibility index (Phi) is 5.75. The van der Waals surface area contributed by atoms with Crippen LogP contribution in [0.1, 0.15) is 22.9 Å². The SMILES string of the molecule is CCN(Cc1ccccc1)C1=C(c2cccs2)C(=O)N(c2ccc(C)c(Cl)c2)C1=O. The molecule has 0 saturated carbocycles. The van der Waals surface area contributed by atoms with Gasteiger partial charge in [0, 0.05) is 23.0 Å². The third kappa shape index (κ3) is 3.66. The number of nitrogens with zero attached hydrogens (tertiary/aromatic N) is 2. The minimum Gasteiger partial charge on any atom is -0.362 e. The molecule has 0 saturated heterocycles. The van der Waals surface area contributed by atoms with Gasteiger partial charge >= 0.3 is 0 Å². The molecule has 2 heterocycles. The summed E-state index contributed by atoms with van der Waals surface area (Å²) in [5.41, 5.74) is 3.34. The van der Waals surface area contributed by atoms with E-state index in [1.807, 2.05) is 72.7 Å². The maximum absolute atomic E-state index is 13.6. The van der Waals surface area contributed by atoms with E-state index in [-0.39, 0.29) is 11.8 Å². The fourth-order valence-electron chi connectivity index (χ4n) is 3.56. The predicted molar refractivity (Wildman–Crippen MR) is 122 cm³/mol. The summed E-state index contributed by atoms with van der Waals surface area (Å²) in [5.74, 6) is -0.634. The van der Waals surface area contributed by atoms with Crippen molar-refractivity contribution in [2.24, 2.45) is 0 Å². The quantitative estimate of drug-likeness (QED) is 0.478. The number of halogens is 1. The van der Waals surface area contributed by atoms with Crippen molar-refractivity contribution in [3.8, 4) is 0 Å². The highest BCUT2D eigenvalue weighted by molar-refractivity contribution is 7.11. The molecule has 0 aliphatic carbocycles. The summed E-state index contributed by atoms with van der Waals surface area (Å²) in [6.07, 6.45) is 0.